The molecule has 1 radical (unpaired) electrons. The Labute approximate surface area is 308 Å². The van der Waals surface area contributed by atoms with Crippen LogP contribution in [-0.4, -0.2) is 34.1 Å². The molecule has 0 spiro atoms. The van der Waals surface area contributed by atoms with Crippen molar-refractivity contribution < 1.29 is 30.0 Å². The van der Waals surface area contributed by atoms with Crippen molar-refractivity contribution in [3.05, 3.63) is 77.8 Å². The Morgan fingerprint density at radius 3 is 2.12 bits per heavy atom. The van der Waals surface area contributed by atoms with Gasteiger partial charge in [0.2, 0.25) is 0 Å². The number of rotatable bonds is 9. The summed E-state index contributed by atoms with van der Waals surface area (Å²) >= 11 is -0.106. The molecule has 0 saturated heterocycles. The minimum absolute atomic E-state index is 0. The zero-order chi connectivity index (χ0) is 34.7. The van der Waals surface area contributed by atoms with E-state index in [2.05, 4.69) is 93.5 Å². The van der Waals surface area contributed by atoms with Gasteiger partial charge in [-0.1, -0.05) is 27.7 Å². The molecule has 0 bridgehead atoms. The van der Waals surface area contributed by atoms with Crippen LogP contribution < -0.4 is 4.40 Å². The van der Waals surface area contributed by atoms with Crippen LogP contribution in [0, 0.1) is 24.8 Å². The predicted octanol–water partition coefficient (Wildman–Crippen LogP) is 11.5. The van der Waals surface area contributed by atoms with E-state index < -0.39 is 13.3 Å². The number of aliphatic hydroxyl groups is 1. The van der Waals surface area contributed by atoms with Crippen LogP contribution in [0.15, 0.2) is 60.6 Å². The van der Waals surface area contributed by atoms with Gasteiger partial charge in [-0.3, -0.25) is 4.79 Å². The van der Waals surface area contributed by atoms with Crippen molar-refractivity contribution in [3.63, 3.8) is 0 Å². The summed E-state index contributed by atoms with van der Waals surface area (Å²) in [5.74, 6) is 7.94. The minimum atomic E-state index is -1.95. The second-order valence-corrected chi connectivity index (χ2v) is 26.3. The molecule has 5 aromatic rings. The predicted molar refractivity (Wildman–Crippen MR) is 207 cm³/mol. The van der Waals surface area contributed by atoms with Crippen LogP contribution in [0.2, 0.25) is 17.3 Å². The van der Waals surface area contributed by atoms with Crippen molar-refractivity contribution in [2.75, 3.05) is 0 Å². The number of hydrogen-bond acceptors (Lipinski definition) is 5. The van der Waals surface area contributed by atoms with Crippen LogP contribution in [-0.2, 0) is 30.3 Å². The molecule has 0 aliphatic rings. The van der Waals surface area contributed by atoms with Gasteiger partial charge >= 0.3 is 198 Å². The Balaban J connectivity index is 0.000000334. The van der Waals surface area contributed by atoms with E-state index >= 15 is 0 Å². The van der Waals surface area contributed by atoms with Gasteiger partial charge in [-0.2, -0.15) is 0 Å². The molecule has 4 nitrogen and oxygen atoms in total. The molecule has 7 heteroatoms. The van der Waals surface area contributed by atoms with E-state index in [0.29, 0.717) is 0 Å². The number of hydrogen-bond donors (Lipinski definition) is 1. The average Bonchev–Trinajstić information content (AvgIpc) is 3.41. The molecule has 2 aromatic heterocycles. The van der Waals surface area contributed by atoms with Crippen molar-refractivity contribution in [1.29, 1.82) is 0 Å². The Morgan fingerprint density at radius 1 is 0.917 bits per heavy atom. The van der Waals surface area contributed by atoms with Crippen LogP contribution in [0.1, 0.15) is 85.3 Å². The number of carbonyl (C=O) groups excluding carboxylic acids is 1. The Hall–Kier alpha value is -2.38. The molecular formula is C41H53GeIrN2O2S-. The molecule has 0 aliphatic heterocycles. The van der Waals surface area contributed by atoms with E-state index in [4.69, 9.17) is 9.97 Å². The van der Waals surface area contributed by atoms with E-state index in [1.807, 2.05) is 39.0 Å². The van der Waals surface area contributed by atoms with Crippen molar-refractivity contribution in [2.45, 2.75) is 104 Å². The summed E-state index contributed by atoms with van der Waals surface area (Å²) < 4.78 is 4.10. The molecule has 0 unspecified atom stereocenters. The monoisotopic (exact) mass is 904 g/mol. The summed E-state index contributed by atoms with van der Waals surface area (Å²) in [6.45, 7) is 17.2. The van der Waals surface area contributed by atoms with Crippen molar-refractivity contribution in [2.24, 2.45) is 11.8 Å². The topological polar surface area (TPSA) is 63.1 Å². The third kappa shape index (κ3) is 8.67. The molecule has 0 amide bonds. The second kappa shape index (κ2) is 16.6. The summed E-state index contributed by atoms with van der Waals surface area (Å²) in [7, 11) is 0. The number of aromatic nitrogens is 2. The number of nitrogens with zero attached hydrogens (tertiary/aromatic N) is 2. The second-order valence-electron chi connectivity index (χ2n) is 14.8. The summed E-state index contributed by atoms with van der Waals surface area (Å²) in [4.78, 5) is 21.2. The number of allylic oxidation sites excluding steroid dienone is 2. The largest absolute Gasteiger partial charge is 0 e. The molecule has 0 fully saturated rings. The number of fused-ring (bicyclic) bond motifs is 4. The quantitative estimate of drug-likeness (QED) is 0.0693. The maximum atomic E-state index is 11.7. The van der Waals surface area contributed by atoms with Crippen LogP contribution in [0.5, 0.6) is 0 Å². The van der Waals surface area contributed by atoms with Crippen LogP contribution >= 0.6 is 11.3 Å². The molecule has 2 heterocycles. The Bertz CT molecular complexity index is 1910. The van der Waals surface area contributed by atoms with Gasteiger partial charge in [0.05, 0.1) is 5.76 Å². The Morgan fingerprint density at radius 2 is 1.54 bits per heavy atom. The molecule has 1 N–H and O–H groups in total. The zero-order valence-electron chi connectivity index (χ0n) is 30.7. The van der Waals surface area contributed by atoms with Gasteiger partial charge < -0.3 is 5.11 Å². The smallest absolute Gasteiger partial charge is 0 e. The minimum Gasteiger partial charge on any atom is 0 e. The van der Waals surface area contributed by atoms with Crippen molar-refractivity contribution in [3.8, 4) is 11.3 Å². The van der Waals surface area contributed by atoms with Crippen LogP contribution in [0.25, 0.3) is 42.3 Å². The Kier molecular flexibility index (Phi) is 13.8. The van der Waals surface area contributed by atoms with Gasteiger partial charge in [0.15, 0.2) is 5.78 Å². The summed E-state index contributed by atoms with van der Waals surface area (Å²) in [5, 5.41) is 13.4. The first-order valence-corrected chi connectivity index (χ1v) is 25.4. The standard InChI is InChI=1S/C28H29GeN2S.C13H24O2.Ir/c1-17-23(29(5,6)7)13-12-21-25-27(32-26(17)21)24(30-16-31-25)19-14-18-10-8-9-11-20(18)22(15-19)28(2,3)4;1-5-10(6-2)12(14)9-13(15)11(7-3)8-4;/h8-13,15-16H,1-7H3;9-11,14H,5-8H2,1-4H3;/q-1;;/b;12-9-;. The van der Waals surface area contributed by atoms with E-state index in [1.54, 1.807) is 10.7 Å². The first-order valence-electron chi connectivity index (χ1n) is 17.2. The van der Waals surface area contributed by atoms with Gasteiger partial charge in [-0.05, 0) is 25.7 Å². The first-order chi connectivity index (χ1) is 22.2. The maximum absolute atomic E-state index is 11.7. The molecule has 0 saturated carbocycles. The fourth-order valence-corrected chi connectivity index (χ4v) is 11.8. The van der Waals surface area contributed by atoms with Crippen molar-refractivity contribution in [1.82, 2.24) is 9.97 Å². The van der Waals surface area contributed by atoms with Gasteiger partial charge in [0.25, 0.3) is 0 Å². The van der Waals surface area contributed by atoms with Gasteiger partial charge in [-0.25, -0.2) is 0 Å². The zero-order valence-corrected chi connectivity index (χ0v) is 36.0. The number of aryl methyl sites for hydroxylation is 1. The van der Waals surface area contributed by atoms with E-state index in [-0.39, 0.29) is 48.9 Å². The van der Waals surface area contributed by atoms with Crippen LogP contribution in [0.3, 0.4) is 0 Å². The third-order valence-electron chi connectivity index (χ3n) is 9.40. The summed E-state index contributed by atoms with van der Waals surface area (Å²) in [6, 6.07) is 19.2. The number of ketones is 1. The van der Waals surface area contributed by atoms with E-state index in [1.165, 1.54) is 32.7 Å². The number of aliphatic hydroxyl groups excluding tert-OH is 1. The molecule has 0 aliphatic carbocycles. The maximum Gasteiger partial charge on any atom is 0 e. The van der Waals surface area contributed by atoms with Crippen LogP contribution in [0.4, 0.5) is 0 Å². The third-order valence-corrected chi connectivity index (χ3v) is 15.2. The number of benzene rings is 3. The van der Waals surface area contributed by atoms with E-state index in [0.717, 1.165) is 52.5 Å². The number of thiophene rings is 1. The van der Waals surface area contributed by atoms with Crippen molar-refractivity contribution >= 4 is 65.9 Å². The molecule has 0 atom stereocenters. The van der Waals surface area contributed by atoms with Gasteiger partial charge in [-0.15, -0.1) is 0 Å². The molecular weight excluding hydrogens is 849 g/mol. The molecule has 259 valence electrons. The number of carbonyl (C=O) groups is 1. The molecule has 5 rings (SSSR count). The SMILES string of the molecule is CCC(CC)C(=O)/C=C(\O)C(CC)CC.Cc1[c]([Ge]([CH3])([CH3])[CH3])ccc2c1sc1c(-c3[c-]c4ccccc4c(C(C)(C)C)c3)ncnc12.[Ir]. The van der Waals surface area contributed by atoms with E-state index in [9.17, 15) is 9.90 Å². The summed E-state index contributed by atoms with van der Waals surface area (Å²) in [5.41, 5.74) is 5.89. The first kappa shape index (κ1) is 40.1. The molecule has 48 heavy (non-hydrogen) atoms. The molecule has 3 aromatic carbocycles. The summed E-state index contributed by atoms with van der Waals surface area (Å²) in [6.07, 6.45) is 6.62. The average molecular weight is 903 g/mol. The fourth-order valence-electron chi connectivity index (χ4n) is 6.54. The van der Waals surface area contributed by atoms with Gasteiger partial charge in [0.1, 0.15) is 0 Å². The normalized spacial score (nSPS) is 12.5. The van der Waals surface area contributed by atoms with Gasteiger partial charge in [0, 0.05) is 38.0 Å². The fraction of sp³-hybridized carbons (Fsp3) is 0.439.